The predicted octanol–water partition coefficient (Wildman–Crippen LogP) is -1.84. The molecule has 490 valence electrons. The summed E-state index contributed by atoms with van der Waals surface area (Å²) in [4.78, 5) is 178. The summed E-state index contributed by atoms with van der Waals surface area (Å²) < 4.78 is 0. The number of benzene rings is 4. The number of nitrogens with two attached hydrogens (primary N) is 1. The number of phenols is 2. The Hall–Kier alpha value is -10.9. The van der Waals surface area contributed by atoms with Crippen LogP contribution >= 0.6 is 0 Å². The third-order valence-electron chi connectivity index (χ3n) is 14.8. The zero-order chi connectivity index (χ0) is 67.2. The number of amides is 10. The van der Waals surface area contributed by atoms with Gasteiger partial charge in [0.25, 0.3) is 0 Å². The Bertz CT molecular complexity index is 3480. The van der Waals surface area contributed by atoms with Crippen LogP contribution in [0.3, 0.4) is 0 Å². The van der Waals surface area contributed by atoms with Gasteiger partial charge in [0.05, 0.1) is 31.8 Å². The van der Waals surface area contributed by atoms with E-state index in [9.17, 15) is 83.1 Å². The molecule has 30 nitrogen and oxygen atoms in total. The molecule has 2 heterocycles. The predicted molar refractivity (Wildman–Crippen MR) is 326 cm³/mol. The van der Waals surface area contributed by atoms with Gasteiger partial charge in [-0.05, 0) is 77.9 Å². The molecule has 10 amide bonds. The lowest BCUT2D eigenvalue weighted by atomic mass is 9.99. The molecule has 30 heteroatoms. The highest BCUT2D eigenvalue weighted by Crippen LogP contribution is 2.21. The van der Waals surface area contributed by atoms with E-state index in [1.807, 2.05) is 0 Å². The first-order valence-corrected chi connectivity index (χ1v) is 29.3. The second-order valence-corrected chi connectivity index (χ2v) is 22.3. The summed E-state index contributed by atoms with van der Waals surface area (Å²) in [5.74, 6) is -15.9. The van der Waals surface area contributed by atoms with E-state index >= 15 is 4.79 Å². The minimum Gasteiger partial charge on any atom is -0.508 e. The van der Waals surface area contributed by atoms with Crippen LogP contribution in [0.1, 0.15) is 68.2 Å². The fourth-order valence-corrected chi connectivity index (χ4v) is 9.97. The summed E-state index contributed by atoms with van der Waals surface area (Å²) in [5, 5.41) is 74.7. The zero-order valence-corrected chi connectivity index (χ0v) is 50.1. The number of rotatable bonds is 34. The Kier molecular flexibility index (Phi) is 25.6. The SMILES string of the molecule is CC(C)[C@H](NC(=O)[C@H](CC(=O)O)NC(=O)[C@H](Cc1ccccc1)NC(=O)[C@H](Cc1ccc(O)cc1)NC(=O)[C@H](Cc1c[nH]c2ccccc12)NC(=O)[C@H](Cc1ccc(O)cc1)NC(=O)[C@H](CC(N)=O)NC(=O)CNC(=O)[C@H](CC(=O)O)NC(=O)[C@@H]1CCCN1)C(=O)O. The highest BCUT2D eigenvalue weighted by atomic mass is 16.4. The molecule has 1 aliphatic heterocycles. The molecule has 1 saturated heterocycles. The molecule has 18 N–H and O–H groups in total. The van der Waals surface area contributed by atoms with Gasteiger partial charge in [-0.25, -0.2) is 4.79 Å². The first kappa shape index (κ1) is 70.2. The number of para-hydroxylation sites is 1. The summed E-state index contributed by atoms with van der Waals surface area (Å²) in [7, 11) is 0. The minimum atomic E-state index is -1.86. The Morgan fingerprint density at radius 1 is 0.500 bits per heavy atom. The van der Waals surface area contributed by atoms with Gasteiger partial charge < -0.3 is 89.4 Å². The van der Waals surface area contributed by atoms with E-state index in [2.05, 4.69) is 58.2 Å². The summed E-state index contributed by atoms with van der Waals surface area (Å²) >= 11 is 0. The molecule has 5 aromatic rings. The smallest absolute Gasteiger partial charge is 0.326 e. The largest absolute Gasteiger partial charge is 0.508 e. The van der Waals surface area contributed by atoms with Gasteiger partial charge in [-0.15, -0.1) is 0 Å². The Labute approximate surface area is 526 Å². The van der Waals surface area contributed by atoms with Crippen LogP contribution in [0.4, 0.5) is 0 Å². The first-order valence-electron chi connectivity index (χ1n) is 29.3. The number of aromatic amines is 1. The van der Waals surface area contributed by atoms with Crippen LogP contribution in [0.15, 0.2) is 109 Å². The number of carbonyl (C=O) groups excluding carboxylic acids is 10. The lowest BCUT2D eigenvalue weighted by Crippen LogP contribution is -2.61. The number of aromatic hydroxyl groups is 2. The van der Waals surface area contributed by atoms with Crippen molar-refractivity contribution in [3.63, 3.8) is 0 Å². The number of carboxylic acid groups (broad SMARTS) is 3. The lowest BCUT2D eigenvalue weighted by molar-refractivity contribution is -0.144. The molecule has 1 aromatic heterocycles. The fourth-order valence-electron chi connectivity index (χ4n) is 9.97. The molecule has 0 unspecified atom stereocenters. The number of carbonyl (C=O) groups is 13. The van der Waals surface area contributed by atoms with Crippen molar-refractivity contribution in [1.29, 1.82) is 0 Å². The number of phenolic OH excluding ortho intramolecular Hbond substituents is 2. The summed E-state index contributed by atoms with van der Waals surface area (Å²) in [6.45, 7) is 2.60. The van der Waals surface area contributed by atoms with E-state index < -0.39 is 163 Å². The van der Waals surface area contributed by atoms with Gasteiger partial charge in [0.1, 0.15) is 59.8 Å². The number of H-pyrrole nitrogens is 1. The molecule has 0 radical (unpaired) electrons. The molecule has 4 aromatic carbocycles. The van der Waals surface area contributed by atoms with Gasteiger partial charge in [0, 0.05) is 42.8 Å². The molecular formula is C62H74N12O18. The molecule has 0 bridgehead atoms. The van der Waals surface area contributed by atoms with Crippen molar-refractivity contribution in [2.75, 3.05) is 13.1 Å². The van der Waals surface area contributed by atoms with Crippen molar-refractivity contribution in [3.05, 3.63) is 132 Å². The number of aromatic nitrogens is 1. The summed E-state index contributed by atoms with van der Waals surface area (Å²) in [5.41, 5.74) is 7.72. The number of hydrogen-bond acceptors (Lipinski definition) is 16. The molecule has 0 spiro atoms. The molecule has 0 aliphatic carbocycles. The van der Waals surface area contributed by atoms with Crippen molar-refractivity contribution in [2.45, 2.75) is 126 Å². The van der Waals surface area contributed by atoms with Crippen molar-refractivity contribution in [1.82, 2.24) is 58.2 Å². The van der Waals surface area contributed by atoms with E-state index in [-0.39, 0.29) is 37.2 Å². The number of aliphatic carboxylic acids is 3. The van der Waals surface area contributed by atoms with Crippen molar-refractivity contribution < 1.29 is 87.9 Å². The van der Waals surface area contributed by atoms with E-state index in [1.54, 1.807) is 60.8 Å². The first-order chi connectivity index (χ1) is 43.7. The minimum absolute atomic E-state index is 0.160. The zero-order valence-electron chi connectivity index (χ0n) is 50.1. The van der Waals surface area contributed by atoms with Gasteiger partial charge >= 0.3 is 17.9 Å². The van der Waals surface area contributed by atoms with Crippen molar-refractivity contribution in [3.8, 4) is 11.5 Å². The number of nitrogens with one attached hydrogen (secondary N) is 11. The lowest BCUT2D eigenvalue weighted by Gasteiger charge is -2.28. The van der Waals surface area contributed by atoms with Crippen LogP contribution in [-0.4, -0.2) is 175 Å². The van der Waals surface area contributed by atoms with Crippen LogP contribution in [-0.2, 0) is 88.0 Å². The van der Waals surface area contributed by atoms with Gasteiger partial charge in [-0.3, -0.25) is 57.5 Å². The number of hydrogen-bond donors (Lipinski definition) is 17. The quantitative estimate of drug-likeness (QED) is 0.0215. The topological polar surface area (TPSA) is 485 Å². The van der Waals surface area contributed by atoms with E-state index in [0.29, 0.717) is 52.5 Å². The maximum absolute atomic E-state index is 15.2. The number of primary amides is 1. The van der Waals surface area contributed by atoms with Crippen molar-refractivity contribution in [2.24, 2.45) is 11.7 Å². The standard InChI is InChI=1S/C62H74N12O18/c1-32(2)53(62(91)92)74-61(90)48(29-52(81)82)73-58(87)42(23-33-9-4-3-5-10-33)68-56(85)43(24-34-14-18-37(75)19-15-34)69-59(88)45(26-36-30-65-40-12-7-6-11-39(36)40)71-57(86)44(25-35-16-20-38(76)21-17-35)70-60(89)46(27-49(63)77)67-50(78)31-66-54(83)47(28-51(79)80)72-55(84)41-13-8-22-64-41/h3-7,9-12,14-21,30,32,41-48,53,64-65,75-76H,8,13,22-29,31H2,1-2H3,(H2,63,77)(H,66,83)(H,67,78)(H,68,85)(H,69,88)(H,70,89)(H,71,86)(H,72,84)(H,73,87)(H,74,90)(H,79,80)(H,81,82)(H,91,92)/t41-,42-,43-,44-,45-,46-,47-,48-,53-/m0/s1. The highest BCUT2D eigenvalue weighted by molar-refractivity contribution is 6.00. The monoisotopic (exact) mass is 1270 g/mol. The fraction of sp³-hybridized carbons (Fsp3) is 0.371. The van der Waals surface area contributed by atoms with E-state index in [4.69, 9.17) is 5.73 Å². The number of fused-ring (bicyclic) bond motifs is 1. The van der Waals surface area contributed by atoms with Gasteiger partial charge in [-0.1, -0.05) is 86.6 Å². The highest BCUT2D eigenvalue weighted by Gasteiger charge is 2.37. The van der Waals surface area contributed by atoms with Crippen LogP contribution in [0.5, 0.6) is 11.5 Å². The Morgan fingerprint density at radius 2 is 0.935 bits per heavy atom. The van der Waals surface area contributed by atoms with Gasteiger partial charge in [-0.2, -0.15) is 0 Å². The van der Waals surface area contributed by atoms with Crippen LogP contribution in [0.2, 0.25) is 0 Å². The third-order valence-corrected chi connectivity index (χ3v) is 14.8. The molecule has 1 aliphatic rings. The molecule has 1 fully saturated rings. The average molecular weight is 1280 g/mol. The molecule has 9 atom stereocenters. The van der Waals surface area contributed by atoms with E-state index in [0.717, 1.165) is 0 Å². The average Bonchev–Trinajstić information content (AvgIpc) is 1.77. The van der Waals surface area contributed by atoms with Crippen LogP contribution in [0.25, 0.3) is 10.9 Å². The normalized spacial score (nSPS) is 15.3. The summed E-state index contributed by atoms with van der Waals surface area (Å²) in [6.07, 6.45) is -1.44. The summed E-state index contributed by atoms with van der Waals surface area (Å²) in [6, 6.07) is 11.8. The van der Waals surface area contributed by atoms with Crippen LogP contribution in [0, 0.1) is 5.92 Å². The Morgan fingerprint density at radius 3 is 1.40 bits per heavy atom. The number of carboxylic acids is 3. The van der Waals surface area contributed by atoms with E-state index in [1.165, 1.54) is 62.4 Å². The maximum atomic E-state index is 15.2. The second kappa shape index (κ2) is 33.6. The Balaban J connectivity index is 1.30. The van der Waals surface area contributed by atoms with Gasteiger partial charge in [0.15, 0.2) is 0 Å². The third kappa shape index (κ3) is 21.7. The molecule has 6 rings (SSSR count). The molecular weight excluding hydrogens is 1200 g/mol. The molecule has 92 heavy (non-hydrogen) atoms. The molecule has 0 saturated carbocycles. The second-order valence-electron chi connectivity index (χ2n) is 22.3. The van der Waals surface area contributed by atoms with Crippen LogP contribution < -0.4 is 58.9 Å². The van der Waals surface area contributed by atoms with Gasteiger partial charge in [0.2, 0.25) is 59.1 Å². The van der Waals surface area contributed by atoms with Crippen molar-refractivity contribution >= 4 is 87.9 Å². The maximum Gasteiger partial charge on any atom is 0.326 e.